The predicted molar refractivity (Wildman–Crippen MR) is 103 cm³/mol. The topological polar surface area (TPSA) is 126 Å². The van der Waals surface area contributed by atoms with Gasteiger partial charge in [-0.1, -0.05) is 96.8 Å². The van der Waals surface area contributed by atoms with Crippen LogP contribution >= 0.6 is 13.5 Å². The van der Waals surface area contributed by atoms with E-state index >= 15 is 0 Å². The number of hydrogen-bond acceptors (Lipinski definition) is 1. The van der Waals surface area contributed by atoms with Crippen molar-refractivity contribution in [3.05, 3.63) is 0 Å². The van der Waals surface area contributed by atoms with Crippen LogP contribution in [0.25, 0.3) is 0 Å². The van der Waals surface area contributed by atoms with Crippen LogP contribution in [-0.2, 0) is 54.7 Å². The summed E-state index contributed by atoms with van der Waals surface area (Å²) >= 11 is 0. The number of carbonyl (C=O) groups is 1. The molecule has 8 heteroatoms. The fraction of sp³-hybridized carbons (Fsp3) is 0.944. The molecule has 26 heavy (non-hydrogen) atoms. The average Bonchev–Trinajstić information content (AvgIpc) is 2.43. The molecule has 0 unspecified atom stereocenters. The van der Waals surface area contributed by atoms with E-state index in [9.17, 15) is 4.79 Å². The predicted octanol–water partition coefficient (Wildman–Crippen LogP) is 5.38. The van der Waals surface area contributed by atoms with Gasteiger partial charge in [0, 0.05) is 6.42 Å². The molecule has 0 aromatic carbocycles. The molecule has 3 N–H and O–H groups in total. The summed E-state index contributed by atoms with van der Waals surface area (Å²) in [7, 11) is 0. The van der Waals surface area contributed by atoms with Crippen LogP contribution in [0.5, 0.6) is 0 Å². The molecule has 0 rings (SSSR count). The maximum atomic E-state index is 10.3. The number of aliphatic carboxylic acids is 1. The Balaban J connectivity index is -0.000000120. The van der Waals surface area contributed by atoms with Crippen molar-refractivity contribution in [2.75, 3.05) is 0 Å². The molecule has 0 aliphatic rings. The quantitative estimate of drug-likeness (QED) is 0.226. The number of carboxylic acid groups (broad SMARTS) is 1. The van der Waals surface area contributed by atoms with Gasteiger partial charge in [-0.25, -0.2) is 0 Å². The molecule has 0 saturated heterocycles. The molecule has 0 amide bonds. The fourth-order valence-corrected chi connectivity index (χ4v) is 2.65. The Morgan fingerprint density at radius 2 is 0.846 bits per heavy atom. The van der Waals surface area contributed by atoms with Crippen molar-refractivity contribution >= 4 is 19.5 Å². The van der Waals surface area contributed by atoms with Crippen molar-refractivity contribution in [3.63, 3.8) is 0 Å². The molecule has 0 fully saturated rings. The molecule has 0 saturated carbocycles. The molecule has 0 aliphatic heterocycles. The summed E-state index contributed by atoms with van der Waals surface area (Å²) in [4.78, 5) is 10.3. The van der Waals surface area contributed by atoms with E-state index in [1.807, 2.05) is 0 Å². The third-order valence-corrected chi connectivity index (χ3v) is 3.99. The zero-order valence-electron chi connectivity index (χ0n) is 16.9. The van der Waals surface area contributed by atoms with Crippen molar-refractivity contribution in [1.29, 1.82) is 0 Å². The van der Waals surface area contributed by atoms with Crippen molar-refractivity contribution in [1.82, 2.24) is 0 Å². The van der Waals surface area contributed by atoms with Gasteiger partial charge in [0.15, 0.2) is 0 Å². The van der Waals surface area contributed by atoms with Crippen molar-refractivity contribution in [2.24, 2.45) is 0 Å². The van der Waals surface area contributed by atoms with Crippen LogP contribution < -0.4 is 0 Å². The molecular formula is C18H40O5SZn2. The standard InChI is InChI=1S/C18H36O2.H2O.2O.H2S.2Zn/c1-2-3-4-5-6-7-8-9-10-11-12-13-14-15-16-17-18(19)20;;;;;;/h2-17H2,1H3,(H,19,20);1H2;;;1H2;;/q;;2*-2;;2*+2. The molecule has 0 radical (unpaired) electrons. The number of carboxylic acids is 1. The van der Waals surface area contributed by atoms with Crippen LogP contribution in [0.1, 0.15) is 110 Å². The van der Waals surface area contributed by atoms with Crippen LogP contribution in [0, 0.1) is 0 Å². The summed E-state index contributed by atoms with van der Waals surface area (Å²) in [5.41, 5.74) is 0. The molecule has 0 bridgehead atoms. The Morgan fingerprint density at radius 1 is 0.615 bits per heavy atom. The van der Waals surface area contributed by atoms with Gasteiger partial charge < -0.3 is 21.5 Å². The Hall–Kier alpha value is 0.947. The normalized spacial score (nSPS) is 8.35. The van der Waals surface area contributed by atoms with Crippen molar-refractivity contribution in [2.45, 2.75) is 110 Å². The van der Waals surface area contributed by atoms with E-state index < -0.39 is 5.97 Å². The van der Waals surface area contributed by atoms with Gasteiger partial charge in [0.25, 0.3) is 0 Å². The van der Waals surface area contributed by atoms with Gasteiger partial charge in [-0.2, -0.15) is 13.5 Å². The van der Waals surface area contributed by atoms with E-state index in [1.54, 1.807) is 0 Å². The Kier molecular flexibility index (Phi) is 71.2. The SMILES string of the molecule is CCCCCCCCCCCCCCCCCC(=O)O.O.S.[O-2].[O-2].[Zn+2].[Zn+2]. The molecule has 5 nitrogen and oxygen atoms in total. The second-order valence-corrected chi connectivity index (χ2v) is 6.09. The Labute approximate surface area is 193 Å². The van der Waals surface area contributed by atoms with E-state index in [0.717, 1.165) is 12.8 Å². The van der Waals surface area contributed by atoms with Crippen molar-refractivity contribution < 1.29 is 65.3 Å². The van der Waals surface area contributed by atoms with Crippen LogP contribution in [0.2, 0.25) is 0 Å². The smallest absolute Gasteiger partial charge is 2.00 e. The van der Waals surface area contributed by atoms with E-state index in [4.69, 9.17) is 5.11 Å². The van der Waals surface area contributed by atoms with E-state index in [1.165, 1.54) is 83.5 Å². The summed E-state index contributed by atoms with van der Waals surface area (Å²) < 4.78 is 0. The summed E-state index contributed by atoms with van der Waals surface area (Å²) in [5, 5.41) is 8.52. The van der Waals surface area contributed by atoms with Crippen LogP contribution in [-0.4, -0.2) is 16.6 Å². The summed E-state index contributed by atoms with van der Waals surface area (Å²) in [6, 6.07) is 0. The first-order valence-electron chi connectivity index (χ1n) is 8.99. The van der Waals surface area contributed by atoms with Crippen LogP contribution in [0.4, 0.5) is 0 Å². The molecule has 0 spiro atoms. The third-order valence-electron chi connectivity index (χ3n) is 3.99. The number of unbranched alkanes of at least 4 members (excludes halogenated alkanes) is 14. The van der Waals surface area contributed by atoms with E-state index in [0.29, 0.717) is 6.42 Å². The third kappa shape index (κ3) is 44.4. The number of hydrogen-bond donors (Lipinski definition) is 1. The largest absolute Gasteiger partial charge is 2.00 e. The Morgan fingerprint density at radius 3 is 1.08 bits per heavy atom. The second kappa shape index (κ2) is 40.6. The van der Waals surface area contributed by atoms with Gasteiger partial charge in [0.05, 0.1) is 0 Å². The first kappa shape index (κ1) is 45.6. The minimum Gasteiger partial charge on any atom is -2.00 e. The van der Waals surface area contributed by atoms with E-state index in [-0.39, 0.29) is 68.9 Å². The molecule has 0 aliphatic carbocycles. The minimum absolute atomic E-state index is 0. The second-order valence-electron chi connectivity index (χ2n) is 6.09. The Bertz CT molecular complexity index is 226. The van der Waals surface area contributed by atoms with Gasteiger partial charge in [-0.05, 0) is 6.42 Å². The van der Waals surface area contributed by atoms with Crippen molar-refractivity contribution in [3.8, 4) is 0 Å². The van der Waals surface area contributed by atoms with Crippen LogP contribution in [0.15, 0.2) is 0 Å². The van der Waals surface area contributed by atoms with Gasteiger partial charge in [0.2, 0.25) is 0 Å². The monoisotopic (exact) mass is 496 g/mol. The molecule has 0 atom stereocenters. The molecular weight excluding hydrogens is 459 g/mol. The molecule has 152 valence electrons. The fourth-order valence-electron chi connectivity index (χ4n) is 2.65. The molecule has 0 aromatic rings. The maximum absolute atomic E-state index is 10.3. The molecule has 0 aromatic heterocycles. The summed E-state index contributed by atoms with van der Waals surface area (Å²) in [6.45, 7) is 2.27. The first-order valence-corrected chi connectivity index (χ1v) is 8.99. The summed E-state index contributed by atoms with van der Waals surface area (Å²) in [5.74, 6) is -0.653. The zero-order valence-corrected chi connectivity index (χ0v) is 23.8. The number of rotatable bonds is 16. The first-order chi connectivity index (χ1) is 9.77. The maximum Gasteiger partial charge on any atom is 2.00 e. The van der Waals surface area contributed by atoms with Crippen LogP contribution in [0.3, 0.4) is 0 Å². The van der Waals surface area contributed by atoms with Gasteiger partial charge in [-0.3, -0.25) is 4.79 Å². The zero-order chi connectivity index (χ0) is 14.9. The van der Waals surface area contributed by atoms with Gasteiger partial charge >= 0.3 is 44.9 Å². The molecule has 0 heterocycles. The van der Waals surface area contributed by atoms with Gasteiger partial charge in [-0.15, -0.1) is 0 Å². The van der Waals surface area contributed by atoms with Gasteiger partial charge in [0.1, 0.15) is 0 Å². The van der Waals surface area contributed by atoms with E-state index in [2.05, 4.69) is 6.92 Å². The summed E-state index contributed by atoms with van der Waals surface area (Å²) in [6.07, 6.45) is 20.2. The average molecular weight is 499 g/mol. The minimum atomic E-state index is -0.653.